The second-order valence-corrected chi connectivity index (χ2v) is 5.98. The van der Waals surface area contributed by atoms with E-state index in [1.54, 1.807) is 0 Å². The molecule has 0 spiro atoms. The Bertz CT molecular complexity index is 325. The average Bonchev–Trinajstić information content (AvgIpc) is 2.36. The van der Waals surface area contributed by atoms with Crippen LogP contribution in [0, 0.1) is 0 Å². The van der Waals surface area contributed by atoms with Crippen molar-refractivity contribution >= 4 is 23.4 Å². The number of likely N-dealkylation sites (N-methyl/N-ethyl adjacent to an activating group) is 1. The predicted octanol–water partition coefficient (Wildman–Crippen LogP) is 3.18. The molecular formula is C13H20ClNOS. The molecule has 4 heteroatoms. The highest BCUT2D eigenvalue weighted by atomic mass is 35.5. The lowest BCUT2D eigenvalue weighted by molar-refractivity contribution is 0.173. The van der Waals surface area contributed by atoms with Crippen LogP contribution in [-0.2, 0) is 0 Å². The SMILES string of the molecule is CNC(C)(CO)CCCSc1ccc(Cl)cc1. The molecule has 0 fully saturated rings. The highest BCUT2D eigenvalue weighted by Crippen LogP contribution is 2.22. The number of hydrogen-bond acceptors (Lipinski definition) is 3. The van der Waals surface area contributed by atoms with Crippen molar-refractivity contribution in [2.24, 2.45) is 0 Å². The van der Waals surface area contributed by atoms with E-state index >= 15 is 0 Å². The zero-order valence-corrected chi connectivity index (χ0v) is 11.9. The van der Waals surface area contributed by atoms with Gasteiger partial charge in [-0.1, -0.05) is 11.6 Å². The van der Waals surface area contributed by atoms with Crippen molar-refractivity contribution in [1.82, 2.24) is 5.32 Å². The van der Waals surface area contributed by atoms with Gasteiger partial charge in [0, 0.05) is 15.5 Å². The molecule has 0 heterocycles. The molecule has 0 aliphatic carbocycles. The quantitative estimate of drug-likeness (QED) is 0.591. The molecule has 17 heavy (non-hydrogen) atoms. The van der Waals surface area contributed by atoms with Gasteiger partial charge in [-0.15, -0.1) is 11.8 Å². The van der Waals surface area contributed by atoms with Gasteiger partial charge in [-0.2, -0.15) is 0 Å². The summed E-state index contributed by atoms with van der Waals surface area (Å²) in [5.74, 6) is 1.05. The van der Waals surface area contributed by atoms with Crippen molar-refractivity contribution in [3.63, 3.8) is 0 Å². The molecule has 0 aromatic heterocycles. The maximum absolute atomic E-state index is 9.25. The van der Waals surface area contributed by atoms with E-state index in [2.05, 4.69) is 5.32 Å². The number of nitrogens with one attached hydrogen (secondary N) is 1. The largest absolute Gasteiger partial charge is 0.394 e. The van der Waals surface area contributed by atoms with Crippen LogP contribution in [0.15, 0.2) is 29.2 Å². The maximum atomic E-state index is 9.25. The standard InChI is InChI=1S/C13H20ClNOS/c1-13(10-16,15-2)8-3-9-17-12-6-4-11(14)5-7-12/h4-7,15-16H,3,8-10H2,1-2H3. The fourth-order valence-corrected chi connectivity index (χ4v) is 2.45. The summed E-state index contributed by atoms with van der Waals surface area (Å²) in [5.41, 5.74) is -0.152. The van der Waals surface area contributed by atoms with E-state index in [1.165, 1.54) is 4.90 Å². The molecule has 0 amide bonds. The van der Waals surface area contributed by atoms with Crippen molar-refractivity contribution in [1.29, 1.82) is 0 Å². The lowest BCUT2D eigenvalue weighted by Gasteiger charge is -2.26. The lowest BCUT2D eigenvalue weighted by Crippen LogP contribution is -2.43. The third kappa shape index (κ3) is 5.30. The molecule has 0 bridgehead atoms. The van der Waals surface area contributed by atoms with Crippen LogP contribution >= 0.6 is 23.4 Å². The molecule has 0 aliphatic rings. The lowest BCUT2D eigenvalue weighted by atomic mass is 9.98. The summed E-state index contributed by atoms with van der Waals surface area (Å²) in [6, 6.07) is 7.90. The van der Waals surface area contributed by atoms with Crippen molar-refractivity contribution in [3.8, 4) is 0 Å². The van der Waals surface area contributed by atoms with Crippen molar-refractivity contribution in [2.45, 2.75) is 30.2 Å². The first kappa shape index (κ1) is 14.8. The van der Waals surface area contributed by atoms with Crippen molar-refractivity contribution in [2.75, 3.05) is 19.4 Å². The summed E-state index contributed by atoms with van der Waals surface area (Å²) < 4.78 is 0. The summed E-state index contributed by atoms with van der Waals surface area (Å²) in [6.45, 7) is 2.22. The van der Waals surface area contributed by atoms with E-state index in [0.717, 1.165) is 23.6 Å². The summed E-state index contributed by atoms with van der Waals surface area (Å²) in [7, 11) is 1.89. The third-order valence-corrected chi connectivity index (χ3v) is 4.26. The van der Waals surface area contributed by atoms with Gasteiger partial charge in [0.2, 0.25) is 0 Å². The van der Waals surface area contributed by atoms with Gasteiger partial charge in [-0.25, -0.2) is 0 Å². The number of thioether (sulfide) groups is 1. The van der Waals surface area contributed by atoms with E-state index in [1.807, 2.05) is 50.0 Å². The van der Waals surface area contributed by atoms with Crippen LogP contribution in [0.1, 0.15) is 19.8 Å². The predicted molar refractivity (Wildman–Crippen MR) is 76.0 cm³/mol. The Kier molecular flexibility index (Phi) is 6.34. The van der Waals surface area contributed by atoms with Gasteiger partial charge >= 0.3 is 0 Å². The van der Waals surface area contributed by atoms with Gasteiger partial charge in [0.1, 0.15) is 0 Å². The normalized spacial score (nSPS) is 14.6. The number of halogens is 1. The Labute approximate surface area is 113 Å². The molecular weight excluding hydrogens is 254 g/mol. The van der Waals surface area contributed by atoms with Gasteiger partial charge in [0.15, 0.2) is 0 Å². The molecule has 0 saturated heterocycles. The molecule has 1 rings (SSSR count). The number of benzene rings is 1. The molecule has 0 radical (unpaired) electrons. The minimum Gasteiger partial charge on any atom is -0.394 e. The molecule has 96 valence electrons. The van der Waals surface area contributed by atoms with Crippen LogP contribution in [0.25, 0.3) is 0 Å². The second-order valence-electron chi connectivity index (χ2n) is 4.37. The van der Waals surface area contributed by atoms with Crippen LogP contribution in [0.3, 0.4) is 0 Å². The third-order valence-electron chi connectivity index (χ3n) is 2.91. The first-order valence-electron chi connectivity index (χ1n) is 5.78. The summed E-state index contributed by atoms with van der Waals surface area (Å²) in [6.07, 6.45) is 2.05. The smallest absolute Gasteiger partial charge is 0.0610 e. The van der Waals surface area contributed by atoms with E-state index in [-0.39, 0.29) is 12.1 Å². The highest BCUT2D eigenvalue weighted by molar-refractivity contribution is 7.99. The Balaban J connectivity index is 2.26. The van der Waals surface area contributed by atoms with Crippen molar-refractivity contribution in [3.05, 3.63) is 29.3 Å². The summed E-state index contributed by atoms with van der Waals surface area (Å²) in [4.78, 5) is 1.24. The number of aliphatic hydroxyl groups excluding tert-OH is 1. The topological polar surface area (TPSA) is 32.3 Å². The fraction of sp³-hybridized carbons (Fsp3) is 0.538. The van der Waals surface area contributed by atoms with E-state index in [4.69, 9.17) is 11.6 Å². The van der Waals surface area contributed by atoms with Crippen LogP contribution in [0.2, 0.25) is 5.02 Å². The monoisotopic (exact) mass is 273 g/mol. The maximum Gasteiger partial charge on any atom is 0.0610 e. The average molecular weight is 274 g/mol. The van der Waals surface area contributed by atoms with Gasteiger partial charge in [0.05, 0.1) is 6.61 Å². The van der Waals surface area contributed by atoms with Crippen LogP contribution in [0.5, 0.6) is 0 Å². The minimum atomic E-state index is -0.152. The van der Waals surface area contributed by atoms with Crippen LogP contribution < -0.4 is 5.32 Å². The van der Waals surface area contributed by atoms with Crippen molar-refractivity contribution < 1.29 is 5.11 Å². The number of aliphatic hydroxyl groups is 1. The van der Waals surface area contributed by atoms with Crippen LogP contribution in [-0.4, -0.2) is 30.1 Å². The fourth-order valence-electron chi connectivity index (χ4n) is 1.47. The molecule has 2 N–H and O–H groups in total. The molecule has 1 atom stereocenters. The minimum absolute atomic E-state index is 0.152. The highest BCUT2D eigenvalue weighted by Gasteiger charge is 2.19. The van der Waals surface area contributed by atoms with E-state index in [0.29, 0.717) is 0 Å². The van der Waals surface area contributed by atoms with E-state index in [9.17, 15) is 5.11 Å². The Morgan fingerprint density at radius 3 is 2.53 bits per heavy atom. The number of hydrogen-bond donors (Lipinski definition) is 2. The zero-order chi connectivity index (χ0) is 12.7. The summed E-state index contributed by atoms with van der Waals surface area (Å²) >= 11 is 7.65. The molecule has 1 aromatic carbocycles. The zero-order valence-electron chi connectivity index (χ0n) is 10.4. The molecule has 0 saturated carbocycles. The first-order valence-corrected chi connectivity index (χ1v) is 7.14. The molecule has 0 aliphatic heterocycles. The second kappa shape index (κ2) is 7.27. The Morgan fingerprint density at radius 2 is 2.00 bits per heavy atom. The molecule has 1 unspecified atom stereocenters. The first-order chi connectivity index (χ1) is 8.09. The van der Waals surface area contributed by atoms with Gasteiger partial charge in [-0.3, -0.25) is 0 Å². The van der Waals surface area contributed by atoms with Crippen LogP contribution in [0.4, 0.5) is 0 Å². The Hall–Kier alpha value is -0.220. The van der Waals surface area contributed by atoms with Gasteiger partial charge in [-0.05, 0) is 56.8 Å². The van der Waals surface area contributed by atoms with E-state index < -0.39 is 0 Å². The number of rotatable bonds is 7. The molecule has 2 nitrogen and oxygen atoms in total. The van der Waals surface area contributed by atoms with Gasteiger partial charge < -0.3 is 10.4 Å². The summed E-state index contributed by atoms with van der Waals surface area (Å²) in [5, 5.41) is 13.2. The van der Waals surface area contributed by atoms with Gasteiger partial charge in [0.25, 0.3) is 0 Å². The Morgan fingerprint density at radius 1 is 1.35 bits per heavy atom. The molecule has 1 aromatic rings.